The summed E-state index contributed by atoms with van der Waals surface area (Å²) in [4.78, 5) is 12.2. The minimum atomic E-state index is -3.21. The molecule has 1 saturated heterocycles. The van der Waals surface area contributed by atoms with Gasteiger partial charge in [0.1, 0.15) is 5.69 Å². The maximum Gasteiger partial charge on any atom is 0.272 e. The monoisotopic (exact) mass is 312 g/mol. The molecule has 2 heterocycles. The molecule has 1 N–H and O–H groups in total. The van der Waals surface area contributed by atoms with E-state index in [1.54, 1.807) is 24.0 Å². The molecule has 0 unspecified atom stereocenters. The van der Waals surface area contributed by atoms with E-state index in [2.05, 4.69) is 10.4 Å². The predicted octanol–water partition coefficient (Wildman–Crippen LogP) is -0.180. The summed E-state index contributed by atoms with van der Waals surface area (Å²) in [5, 5.41) is 7.04. The van der Waals surface area contributed by atoms with E-state index in [1.807, 2.05) is 0 Å². The van der Waals surface area contributed by atoms with Crippen LogP contribution in [0.1, 0.15) is 23.3 Å². The molecule has 0 spiro atoms. The summed E-state index contributed by atoms with van der Waals surface area (Å²) in [5.41, 5.74) is 0.366. The Morgan fingerprint density at radius 3 is 2.62 bits per heavy atom. The van der Waals surface area contributed by atoms with Gasteiger partial charge in [-0.1, -0.05) is 0 Å². The number of nitrogens with one attached hydrogen (secondary N) is 1. The molecular weight excluding hydrogens is 292 g/mol. The third kappa shape index (κ3) is 3.11. The predicted molar refractivity (Wildman–Crippen MR) is 77.1 cm³/mol. The van der Waals surface area contributed by atoms with E-state index >= 15 is 0 Å². The molecule has 116 valence electrons. The summed E-state index contributed by atoms with van der Waals surface area (Å²) >= 11 is 0. The van der Waals surface area contributed by atoms with Gasteiger partial charge >= 0.3 is 0 Å². The van der Waals surface area contributed by atoms with Gasteiger partial charge in [0.25, 0.3) is 5.91 Å². The molecule has 0 radical (unpaired) electrons. The maximum atomic E-state index is 12.2. The van der Waals surface area contributed by atoms with Gasteiger partial charge in [0.15, 0.2) is 0 Å². The Labute approximate surface area is 124 Å². The average molecular weight is 312 g/mol. The number of sulfonamides is 1. The van der Waals surface area contributed by atoms with Crippen LogP contribution in [0, 0.1) is 11.8 Å². The van der Waals surface area contributed by atoms with Crippen LogP contribution in [0.4, 0.5) is 0 Å². The normalized spacial score (nSPS) is 27.0. The minimum absolute atomic E-state index is 0.123. The molecule has 0 aromatic carbocycles. The number of aryl methyl sites for hydroxylation is 1. The van der Waals surface area contributed by atoms with E-state index in [9.17, 15) is 13.2 Å². The Morgan fingerprint density at radius 2 is 2.10 bits per heavy atom. The third-order valence-electron chi connectivity index (χ3n) is 4.29. The van der Waals surface area contributed by atoms with E-state index in [0.29, 0.717) is 24.7 Å². The number of carbonyl (C=O) groups excluding carboxylic acids is 1. The molecule has 2 atom stereocenters. The zero-order valence-electron chi connectivity index (χ0n) is 12.2. The second-order valence-electron chi connectivity index (χ2n) is 6.04. The first-order valence-electron chi connectivity index (χ1n) is 7.10. The lowest BCUT2D eigenvalue weighted by Gasteiger charge is -2.18. The fraction of sp³-hybridized carbons (Fsp3) is 0.692. The van der Waals surface area contributed by atoms with Gasteiger partial charge < -0.3 is 5.32 Å². The van der Waals surface area contributed by atoms with Crippen LogP contribution in [-0.2, 0) is 17.1 Å². The molecule has 2 aliphatic rings. The van der Waals surface area contributed by atoms with Crippen LogP contribution >= 0.6 is 0 Å². The van der Waals surface area contributed by atoms with E-state index in [0.717, 1.165) is 12.8 Å². The number of hydrogen-bond donors (Lipinski definition) is 1. The molecule has 7 nitrogen and oxygen atoms in total. The molecule has 1 aliphatic carbocycles. The first-order valence-corrected chi connectivity index (χ1v) is 8.95. The molecule has 1 saturated carbocycles. The van der Waals surface area contributed by atoms with Crippen molar-refractivity contribution in [2.24, 2.45) is 18.9 Å². The Kier molecular flexibility index (Phi) is 3.53. The smallest absolute Gasteiger partial charge is 0.272 e. The van der Waals surface area contributed by atoms with Crippen LogP contribution in [0.2, 0.25) is 0 Å². The largest absolute Gasteiger partial charge is 0.346 e. The van der Waals surface area contributed by atoms with Gasteiger partial charge in [-0.15, -0.1) is 0 Å². The van der Waals surface area contributed by atoms with E-state index in [-0.39, 0.29) is 17.9 Å². The van der Waals surface area contributed by atoms with E-state index in [4.69, 9.17) is 0 Å². The highest BCUT2D eigenvalue weighted by Crippen LogP contribution is 2.41. The van der Waals surface area contributed by atoms with Gasteiger partial charge in [-0.25, -0.2) is 8.42 Å². The van der Waals surface area contributed by atoms with Crippen LogP contribution in [0.15, 0.2) is 12.3 Å². The van der Waals surface area contributed by atoms with Crippen LogP contribution in [0.5, 0.6) is 0 Å². The lowest BCUT2D eigenvalue weighted by molar-refractivity contribution is 0.0922. The fourth-order valence-electron chi connectivity index (χ4n) is 3.00. The Morgan fingerprint density at radius 1 is 1.38 bits per heavy atom. The highest BCUT2D eigenvalue weighted by molar-refractivity contribution is 7.88. The molecule has 1 amide bonds. The van der Waals surface area contributed by atoms with Gasteiger partial charge in [-0.2, -0.15) is 9.40 Å². The molecule has 1 aromatic rings. The first kappa shape index (κ1) is 14.5. The number of aromatic nitrogens is 2. The van der Waals surface area contributed by atoms with E-state index < -0.39 is 10.0 Å². The van der Waals surface area contributed by atoms with Crippen molar-refractivity contribution in [2.45, 2.75) is 18.9 Å². The maximum absolute atomic E-state index is 12.2. The van der Waals surface area contributed by atoms with Crippen molar-refractivity contribution < 1.29 is 13.2 Å². The van der Waals surface area contributed by atoms with Crippen molar-refractivity contribution in [3.05, 3.63) is 18.0 Å². The summed E-state index contributed by atoms with van der Waals surface area (Å²) in [6.07, 6.45) is 5.18. The standard InChI is InChI=1S/C13H20N4O3S/c1-16-6-5-11(15-16)13(18)14-12-8-17(21(2,19)20)7-10(12)9-3-4-9/h5-6,9-10,12H,3-4,7-8H2,1-2H3,(H,14,18)/t10-,12+/m0/s1. The van der Waals surface area contributed by atoms with Crippen LogP contribution in [-0.4, -0.2) is 53.8 Å². The molecule has 0 bridgehead atoms. The Bertz CT molecular complexity index is 650. The molecule has 21 heavy (non-hydrogen) atoms. The number of rotatable bonds is 4. The highest BCUT2D eigenvalue weighted by Gasteiger charge is 2.45. The van der Waals surface area contributed by atoms with Crippen LogP contribution in [0.25, 0.3) is 0 Å². The summed E-state index contributed by atoms with van der Waals surface area (Å²) < 4.78 is 26.5. The zero-order valence-corrected chi connectivity index (χ0v) is 13.0. The molecule has 3 rings (SSSR count). The molecular formula is C13H20N4O3S. The average Bonchev–Trinajstić information content (AvgIpc) is 2.99. The van der Waals surface area contributed by atoms with Crippen LogP contribution < -0.4 is 5.32 Å². The number of amides is 1. The number of carbonyl (C=O) groups is 1. The van der Waals surface area contributed by atoms with Crippen LogP contribution in [0.3, 0.4) is 0 Å². The van der Waals surface area contributed by atoms with Crippen molar-refractivity contribution in [3.8, 4) is 0 Å². The molecule has 1 aliphatic heterocycles. The van der Waals surface area contributed by atoms with Crippen molar-refractivity contribution >= 4 is 15.9 Å². The molecule has 2 fully saturated rings. The van der Waals surface area contributed by atoms with Gasteiger partial charge in [0.2, 0.25) is 10.0 Å². The van der Waals surface area contributed by atoms with Crippen molar-refractivity contribution in [1.29, 1.82) is 0 Å². The number of nitrogens with zero attached hydrogens (tertiary/aromatic N) is 3. The first-order chi connectivity index (χ1) is 9.84. The minimum Gasteiger partial charge on any atom is -0.346 e. The summed E-state index contributed by atoms with van der Waals surface area (Å²) in [7, 11) is -1.45. The Balaban J connectivity index is 1.72. The summed E-state index contributed by atoms with van der Waals surface area (Å²) in [6.45, 7) is 0.870. The van der Waals surface area contributed by atoms with Gasteiger partial charge in [-0.05, 0) is 30.7 Å². The molecule has 8 heteroatoms. The second kappa shape index (κ2) is 5.10. The summed E-state index contributed by atoms with van der Waals surface area (Å²) in [6, 6.07) is 1.53. The van der Waals surface area contributed by atoms with Gasteiger partial charge in [0.05, 0.1) is 6.26 Å². The quantitative estimate of drug-likeness (QED) is 0.836. The lowest BCUT2D eigenvalue weighted by atomic mass is 9.98. The lowest BCUT2D eigenvalue weighted by Crippen LogP contribution is -2.41. The third-order valence-corrected chi connectivity index (χ3v) is 5.53. The summed E-state index contributed by atoms with van der Waals surface area (Å²) in [5.74, 6) is 0.514. The van der Waals surface area contributed by atoms with E-state index in [1.165, 1.54) is 10.6 Å². The van der Waals surface area contributed by atoms with Crippen molar-refractivity contribution in [3.63, 3.8) is 0 Å². The van der Waals surface area contributed by atoms with Crippen molar-refractivity contribution in [2.75, 3.05) is 19.3 Å². The highest BCUT2D eigenvalue weighted by atomic mass is 32.2. The molecule has 1 aromatic heterocycles. The van der Waals surface area contributed by atoms with Gasteiger partial charge in [-0.3, -0.25) is 9.48 Å². The fourth-order valence-corrected chi connectivity index (χ4v) is 3.87. The Hall–Kier alpha value is -1.41. The second-order valence-corrected chi connectivity index (χ2v) is 8.02. The number of hydrogen-bond acceptors (Lipinski definition) is 4. The zero-order chi connectivity index (χ0) is 15.2. The van der Waals surface area contributed by atoms with Gasteiger partial charge in [0, 0.05) is 32.4 Å². The SMILES string of the molecule is Cn1ccc(C(=O)N[C@@H]2CN(S(C)(=O)=O)C[C@H]2C2CC2)n1. The topological polar surface area (TPSA) is 84.3 Å². The van der Waals surface area contributed by atoms with Crippen molar-refractivity contribution in [1.82, 2.24) is 19.4 Å².